The summed E-state index contributed by atoms with van der Waals surface area (Å²) in [5, 5.41) is 12.0. The zero-order valence-electron chi connectivity index (χ0n) is 19.5. The molecule has 170 valence electrons. The maximum Gasteiger partial charge on any atom is 0.222 e. The van der Waals surface area contributed by atoms with Crippen LogP contribution >= 0.6 is 0 Å². The predicted molar refractivity (Wildman–Crippen MR) is 126 cm³/mol. The van der Waals surface area contributed by atoms with Gasteiger partial charge in [0.05, 0.1) is 0 Å². The van der Waals surface area contributed by atoms with Gasteiger partial charge < -0.3 is 10.0 Å². The number of ketones is 1. The highest BCUT2D eigenvalue weighted by Crippen LogP contribution is 2.53. The standard InChI is InChI=1S/C28H35NO3/c1-20(30)25-18-24(27(25,2)3)19-26(31)29-16-14-23(15-17-29)28(32,21-10-6-4-7-11-21)22-12-8-5-9-13-22/h4-13,23-25,32H,14-19H2,1-3H3/t24-,25+/m1/s1. The average molecular weight is 434 g/mol. The molecule has 2 aliphatic rings. The maximum absolute atomic E-state index is 13.0. The average Bonchev–Trinajstić information content (AvgIpc) is 2.81. The van der Waals surface area contributed by atoms with E-state index in [-0.39, 0.29) is 34.9 Å². The van der Waals surface area contributed by atoms with Crippen LogP contribution in [-0.2, 0) is 15.2 Å². The Labute approximate surface area is 191 Å². The van der Waals surface area contributed by atoms with Crippen LogP contribution in [0, 0.1) is 23.2 Å². The Hall–Kier alpha value is -2.46. The van der Waals surface area contributed by atoms with E-state index in [2.05, 4.69) is 13.8 Å². The number of aliphatic hydroxyl groups is 1. The van der Waals surface area contributed by atoms with Crippen molar-refractivity contribution >= 4 is 11.7 Å². The molecular formula is C28H35NO3. The van der Waals surface area contributed by atoms with Gasteiger partial charge in [0.2, 0.25) is 5.91 Å². The van der Waals surface area contributed by atoms with Crippen LogP contribution in [0.25, 0.3) is 0 Å². The van der Waals surface area contributed by atoms with Crippen LogP contribution in [0.4, 0.5) is 0 Å². The number of nitrogens with zero attached hydrogens (tertiary/aromatic N) is 1. The minimum Gasteiger partial charge on any atom is -0.380 e. The molecule has 0 spiro atoms. The van der Waals surface area contributed by atoms with Gasteiger partial charge in [-0.1, -0.05) is 74.5 Å². The molecule has 2 atom stereocenters. The third-order valence-corrected chi connectivity index (χ3v) is 8.25. The van der Waals surface area contributed by atoms with Gasteiger partial charge in [-0.25, -0.2) is 0 Å². The molecule has 2 fully saturated rings. The number of carbonyl (C=O) groups is 2. The smallest absolute Gasteiger partial charge is 0.222 e. The van der Waals surface area contributed by atoms with Crippen LogP contribution in [0.15, 0.2) is 60.7 Å². The lowest BCUT2D eigenvalue weighted by Crippen LogP contribution is -2.51. The number of hydrogen-bond acceptors (Lipinski definition) is 3. The number of amides is 1. The van der Waals surface area contributed by atoms with Crippen LogP contribution in [0.3, 0.4) is 0 Å². The molecule has 2 aromatic carbocycles. The predicted octanol–water partition coefficient (Wildman–Crippen LogP) is 4.80. The fourth-order valence-electron chi connectivity index (χ4n) is 5.96. The van der Waals surface area contributed by atoms with Crippen molar-refractivity contribution in [3.8, 4) is 0 Å². The first kappa shape index (κ1) is 22.7. The zero-order chi connectivity index (χ0) is 22.9. The molecule has 4 heteroatoms. The summed E-state index contributed by atoms with van der Waals surface area (Å²) in [5.74, 6) is 0.815. The molecule has 32 heavy (non-hydrogen) atoms. The second-order valence-corrected chi connectivity index (χ2v) is 10.3. The summed E-state index contributed by atoms with van der Waals surface area (Å²) in [6.45, 7) is 7.22. The summed E-state index contributed by atoms with van der Waals surface area (Å²) in [7, 11) is 0. The molecule has 1 N–H and O–H groups in total. The highest BCUT2D eigenvalue weighted by molar-refractivity contribution is 5.81. The summed E-state index contributed by atoms with van der Waals surface area (Å²) >= 11 is 0. The van der Waals surface area contributed by atoms with Crippen molar-refractivity contribution in [2.75, 3.05) is 13.1 Å². The van der Waals surface area contributed by atoms with Crippen molar-refractivity contribution < 1.29 is 14.7 Å². The Bertz CT molecular complexity index is 906. The zero-order valence-corrected chi connectivity index (χ0v) is 19.5. The molecule has 1 aliphatic carbocycles. The van der Waals surface area contributed by atoms with Crippen molar-refractivity contribution in [1.29, 1.82) is 0 Å². The van der Waals surface area contributed by atoms with E-state index < -0.39 is 5.60 Å². The summed E-state index contributed by atoms with van der Waals surface area (Å²) in [5.41, 5.74) is 0.646. The van der Waals surface area contributed by atoms with Crippen molar-refractivity contribution in [2.24, 2.45) is 23.2 Å². The third kappa shape index (κ3) is 4.01. The number of piperidine rings is 1. The first-order valence-corrected chi connectivity index (χ1v) is 11.9. The van der Waals surface area contributed by atoms with E-state index in [0.717, 1.165) is 30.4 Å². The minimum absolute atomic E-state index is 0.0404. The van der Waals surface area contributed by atoms with Crippen LogP contribution in [0.1, 0.15) is 57.6 Å². The quantitative estimate of drug-likeness (QED) is 0.712. The summed E-state index contributed by atoms with van der Waals surface area (Å²) in [6.07, 6.45) is 2.86. The summed E-state index contributed by atoms with van der Waals surface area (Å²) in [6, 6.07) is 19.8. The first-order valence-electron chi connectivity index (χ1n) is 11.9. The van der Waals surface area contributed by atoms with E-state index >= 15 is 0 Å². The summed E-state index contributed by atoms with van der Waals surface area (Å²) < 4.78 is 0. The van der Waals surface area contributed by atoms with Gasteiger partial charge in [-0.15, -0.1) is 0 Å². The molecule has 0 radical (unpaired) electrons. The molecule has 0 bridgehead atoms. The number of carbonyl (C=O) groups excluding carboxylic acids is 2. The highest BCUT2D eigenvalue weighted by Gasteiger charge is 2.51. The van der Waals surface area contributed by atoms with Crippen molar-refractivity contribution in [2.45, 2.75) is 52.1 Å². The van der Waals surface area contributed by atoms with E-state index in [1.165, 1.54) is 0 Å². The van der Waals surface area contributed by atoms with Crippen LogP contribution in [0.2, 0.25) is 0 Å². The van der Waals surface area contributed by atoms with Gasteiger partial charge in [0.25, 0.3) is 0 Å². The molecule has 4 nitrogen and oxygen atoms in total. The van der Waals surface area contributed by atoms with Gasteiger partial charge in [-0.3, -0.25) is 9.59 Å². The Morgan fingerprint density at radius 1 is 0.969 bits per heavy atom. The van der Waals surface area contributed by atoms with Crippen LogP contribution in [-0.4, -0.2) is 34.8 Å². The molecule has 2 aromatic rings. The molecule has 1 saturated heterocycles. The molecular weight excluding hydrogens is 398 g/mol. The van der Waals surface area contributed by atoms with Gasteiger partial charge in [0, 0.05) is 25.4 Å². The fraction of sp³-hybridized carbons (Fsp3) is 0.500. The Balaban J connectivity index is 1.44. The molecule has 4 rings (SSSR count). The first-order chi connectivity index (χ1) is 15.2. The topological polar surface area (TPSA) is 57.6 Å². The Kier molecular flexibility index (Phi) is 6.26. The van der Waals surface area contributed by atoms with Crippen LogP contribution in [0.5, 0.6) is 0 Å². The molecule has 1 aliphatic heterocycles. The van der Waals surface area contributed by atoms with Gasteiger partial charge in [0.1, 0.15) is 11.4 Å². The fourth-order valence-corrected chi connectivity index (χ4v) is 5.96. The van der Waals surface area contributed by atoms with E-state index in [4.69, 9.17) is 0 Å². The lowest BCUT2D eigenvalue weighted by molar-refractivity contribution is -0.146. The van der Waals surface area contributed by atoms with Crippen LogP contribution < -0.4 is 0 Å². The van der Waals surface area contributed by atoms with E-state index in [1.807, 2.05) is 65.6 Å². The van der Waals surface area contributed by atoms with Gasteiger partial charge in [-0.05, 0) is 54.6 Å². The lowest BCUT2D eigenvalue weighted by atomic mass is 9.52. The second kappa shape index (κ2) is 8.82. The number of hydrogen-bond donors (Lipinski definition) is 1. The Morgan fingerprint density at radius 2 is 1.47 bits per heavy atom. The van der Waals surface area contributed by atoms with Gasteiger partial charge >= 0.3 is 0 Å². The summed E-state index contributed by atoms with van der Waals surface area (Å²) in [4.78, 5) is 26.8. The van der Waals surface area contributed by atoms with E-state index in [1.54, 1.807) is 6.92 Å². The van der Waals surface area contributed by atoms with Gasteiger partial charge in [-0.2, -0.15) is 0 Å². The molecule has 1 heterocycles. The number of rotatable bonds is 6. The van der Waals surface area contributed by atoms with E-state index in [9.17, 15) is 14.7 Å². The Morgan fingerprint density at radius 3 is 1.91 bits per heavy atom. The molecule has 0 aromatic heterocycles. The number of benzene rings is 2. The highest BCUT2D eigenvalue weighted by atomic mass is 16.3. The van der Waals surface area contributed by atoms with E-state index in [0.29, 0.717) is 19.5 Å². The second-order valence-electron chi connectivity index (χ2n) is 10.3. The third-order valence-electron chi connectivity index (χ3n) is 8.25. The van der Waals surface area contributed by atoms with Crippen molar-refractivity contribution in [3.05, 3.63) is 71.8 Å². The molecule has 1 saturated carbocycles. The van der Waals surface area contributed by atoms with Gasteiger partial charge in [0.15, 0.2) is 0 Å². The minimum atomic E-state index is -1.07. The number of Topliss-reactive ketones (excluding diaryl/α,β-unsaturated/α-hetero) is 1. The lowest BCUT2D eigenvalue weighted by Gasteiger charge is -2.51. The largest absolute Gasteiger partial charge is 0.380 e. The SMILES string of the molecule is CC(=O)[C@@H]1C[C@H](CC(=O)N2CCC(C(O)(c3ccccc3)c3ccccc3)CC2)C1(C)C. The molecule has 0 unspecified atom stereocenters. The number of likely N-dealkylation sites (tertiary alicyclic amines) is 1. The van der Waals surface area contributed by atoms with Crippen molar-refractivity contribution in [1.82, 2.24) is 4.90 Å². The maximum atomic E-state index is 13.0. The van der Waals surface area contributed by atoms with Crippen molar-refractivity contribution in [3.63, 3.8) is 0 Å². The normalized spacial score (nSPS) is 23.4. The monoisotopic (exact) mass is 433 g/mol. The molecule has 1 amide bonds.